The topological polar surface area (TPSA) is 66.8 Å². The number of rotatable bonds is 3. The summed E-state index contributed by atoms with van der Waals surface area (Å²) in [6.45, 7) is 0. The number of aliphatic hydroxyl groups excluding tert-OH is 1. The van der Waals surface area contributed by atoms with Crippen LogP contribution in [0, 0.1) is 0 Å². The average molecular weight is 318 g/mol. The number of hydrogen-bond donors (Lipinski definition) is 2. The van der Waals surface area contributed by atoms with Gasteiger partial charge in [0, 0.05) is 5.56 Å². The number of carboxylic acid groups (broad SMARTS) is 1. The van der Waals surface area contributed by atoms with Crippen LogP contribution in [0.4, 0.5) is 26.3 Å². The van der Waals surface area contributed by atoms with Crippen molar-refractivity contribution in [1.82, 2.24) is 0 Å². The van der Waals surface area contributed by atoms with E-state index in [-0.39, 0.29) is 12.1 Å². The number of hydrogen-bond acceptors (Lipinski definition) is 3. The number of ether oxygens (including phenoxy) is 1. The standard InChI is InChI=1S/C11H8F6O4/c1-21-7-3-5(10(12,13)14)4(8(18)9(19)20)2-6(7)11(15,16)17/h2-3,8,18H,1H3,(H,19,20). The molecular weight excluding hydrogens is 310 g/mol. The molecule has 0 saturated heterocycles. The first kappa shape index (κ1) is 17.1. The number of halogens is 6. The Balaban J connectivity index is 3.69. The monoisotopic (exact) mass is 318 g/mol. The third-order valence-electron chi connectivity index (χ3n) is 2.51. The molecule has 0 fully saturated rings. The molecule has 0 aromatic heterocycles. The number of aliphatic hydroxyl groups is 1. The smallest absolute Gasteiger partial charge is 0.419 e. The Morgan fingerprint density at radius 3 is 1.90 bits per heavy atom. The van der Waals surface area contributed by atoms with Gasteiger partial charge in [-0.2, -0.15) is 26.3 Å². The van der Waals surface area contributed by atoms with Gasteiger partial charge in [0.05, 0.1) is 18.2 Å². The Labute approximate surface area is 113 Å². The third-order valence-corrected chi connectivity index (χ3v) is 2.51. The second-order valence-corrected chi connectivity index (χ2v) is 3.88. The minimum Gasteiger partial charge on any atom is -0.496 e. The molecule has 2 N–H and O–H groups in total. The zero-order chi connectivity index (χ0) is 16.6. The molecule has 0 heterocycles. The van der Waals surface area contributed by atoms with E-state index in [0.29, 0.717) is 0 Å². The lowest BCUT2D eigenvalue weighted by molar-refractivity contribution is -0.150. The summed E-state index contributed by atoms with van der Waals surface area (Å²) in [6, 6.07) is -0.0786. The van der Waals surface area contributed by atoms with Gasteiger partial charge in [0.2, 0.25) is 0 Å². The van der Waals surface area contributed by atoms with Gasteiger partial charge in [-0.15, -0.1) is 0 Å². The molecule has 10 heteroatoms. The maximum Gasteiger partial charge on any atom is 0.419 e. The molecule has 1 aromatic carbocycles. The van der Waals surface area contributed by atoms with Crippen molar-refractivity contribution in [3.8, 4) is 5.75 Å². The number of alkyl halides is 6. The first-order valence-corrected chi connectivity index (χ1v) is 5.16. The number of carboxylic acids is 1. The van der Waals surface area contributed by atoms with Gasteiger partial charge in [-0.1, -0.05) is 0 Å². The Morgan fingerprint density at radius 1 is 1.10 bits per heavy atom. The van der Waals surface area contributed by atoms with E-state index in [1.54, 1.807) is 0 Å². The van der Waals surface area contributed by atoms with Crippen molar-refractivity contribution in [3.05, 3.63) is 28.8 Å². The highest BCUT2D eigenvalue weighted by Gasteiger charge is 2.42. The average Bonchev–Trinajstić information content (AvgIpc) is 2.33. The van der Waals surface area contributed by atoms with Crippen molar-refractivity contribution in [2.24, 2.45) is 0 Å². The summed E-state index contributed by atoms with van der Waals surface area (Å²) >= 11 is 0. The number of benzene rings is 1. The SMILES string of the molecule is COc1cc(C(F)(F)F)c(C(O)C(=O)O)cc1C(F)(F)F. The molecule has 0 amide bonds. The van der Waals surface area contributed by atoms with E-state index in [2.05, 4.69) is 4.74 Å². The van der Waals surface area contributed by atoms with Crippen molar-refractivity contribution in [2.45, 2.75) is 18.5 Å². The maximum absolute atomic E-state index is 12.8. The Kier molecular flexibility index (Phi) is 4.42. The van der Waals surface area contributed by atoms with Crippen LogP contribution in [-0.4, -0.2) is 23.3 Å². The van der Waals surface area contributed by atoms with E-state index in [9.17, 15) is 36.2 Å². The van der Waals surface area contributed by atoms with Crippen molar-refractivity contribution < 1.29 is 46.1 Å². The largest absolute Gasteiger partial charge is 0.496 e. The second kappa shape index (κ2) is 5.43. The van der Waals surface area contributed by atoms with Gasteiger partial charge in [-0.05, 0) is 12.1 Å². The summed E-state index contributed by atoms with van der Waals surface area (Å²) < 4.78 is 80.7. The van der Waals surface area contributed by atoms with Gasteiger partial charge >= 0.3 is 18.3 Å². The first-order valence-electron chi connectivity index (χ1n) is 5.16. The molecule has 0 aliphatic carbocycles. The predicted molar refractivity (Wildman–Crippen MR) is 55.6 cm³/mol. The molecule has 0 aliphatic rings. The highest BCUT2D eigenvalue weighted by molar-refractivity contribution is 5.75. The van der Waals surface area contributed by atoms with E-state index < -0.39 is 46.9 Å². The fourth-order valence-corrected chi connectivity index (χ4v) is 1.59. The molecule has 0 spiro atoms. The van der Waals surface area contributed by atoms with Crippen LogP contribution < -0.4 is 4.74 Å². The van der Waals surface area contributed by atoms with Gasteiger partial charge < -0.3 is 14.9 Å². The van der Waals surface area contributed by atoms with Gasteiger partial charge in [0.15, 0.2) is 6.10 Å². The number of aliphatic carboxylic acids is 1. The van der Waals surface area contributed by atoms with Crippen LogP contribution in [0.15, 0.2) is 12.1 Å². The molecule has 118 valence electrons. The quantitative estimate of drug-likeness (QED) is 0.841. The van der Waals surface area contributed by atoms with Crippen LogP contribution in [0.25, 0.3) is 0 Å². The minimum atomic E-state index is -5.16. The first-order chi connectivity index (χ1) is 9.39. The Morgan fingerprint density at radius 2 is 1.57 bits per heavy atom. The molecule has 0 radical (unpaired) electrons. The molecule has 1 aromatic rings. The Hall–Kier alpha value is -1.97. The van der Waals surface area contributed by atoms with E-state index in [1.807, 2.05) is 0 Å². The zero-order valence-electron chi connectivity index (χ0n) is 10.2. The second-order valence-electron chi connectivity index (χ2n) is 3.88. The van der Waals surface area contributed by atoms with Crippen LogP contribution in [0.5, 0.6) is 5.75 Å². The summed E-state index contributed by atoms with van der Waals surface area (Å²) in [6.07, 6.45) is -13.0. The van der Waals surface area contributed by atoms with Crippen molar-refractivity contribution >= 4 is 5.97 Å². The summed E-state index contributed by atoms with van der Waals surface area (Å²) in [4.78, 5) is 10.6. The number of carbonyl (C=O) groups is 1. The van der Waals surface area contributed by atoms with Gasteiger partial charge in [0.25, 0.3) is 0 Å². The fraction of sp³-hybridized carbons (Fsp3) is 0.364. The molecule has 4 nitrogen and oxygen atoms in total. The number of methoxy groups -OCH3 is 1. The molecule has 1 rings (SSSR count). The minimum absolute atomic E-state index is 0.00428. The van der Waals surface area contributed by atoms with Crippen LogP contribution in [0.3, 0.4) is 0 Å². The molecule has 1 unspecified atom stereocenters. The fourth-order valence-electron chi connectivity index (χ4n) is 1.59. The summed E-state index contributed by atoms with van der Waals surface area (Å²) in [5.41, 5.74) is -4.75. The third kappa shape index (κ3) is 3.57. The Bertz CT molecular complexity index is 549. The van der Waals surface area contributed by atoms with Crippen LogP contribution in [-0.2, 0) is 17.1 Å². The molecular formula is C11H8F6O4. The maximum atomic E-state index is 12.8. The molecule has 1 atom stereocenters. The molecule has 0 aliphatic heterocycles. The lowest BCUT2D eigenvalue weighted by Gasteiger charge is -2.20. The van der Waals surface area contributed by atoms with Crippen LogP contribution in [0.2, 0.25) is 0 Å². The lowest BCUT2D eigenvalue weighted by Crippen LogP contribution is -2.20. The van der Waals surface area contributed by atoms with Crippen LogP contribution >= 0.6 is 0 Å². The van der Waals surface area contributed by atoms with E-state index in [4.69, 9.17) is 5.11 Å². The molecule has 0 saturated carbocycles. The van der Waals surface area contributed by atoms with E-state index in [0.717, 1.165) is 7.11 Å². The van der Waals surface area contributed by atoms with Crippen molar-refractivity contribution in [3.63, 3.8) is 0 Å². The van der Waals surface area contributed by atoms with Gasteiger partial charge in [0.1, 0.15) is 5.75 Å². The summed E-state index contributed by atoms with van der Waals surface area (Å²) in [5, 5.41) is 17.7. The van der Waals surface area contributed by atoms with Gasteiger partial charge in [-0.25, -0.2) is 4.79 Å². The normalized spacial score (nSPS) is 13.9. The van der Waals surface area contributed by atoms with Crippen molar-refractivity contribution in [1.29, 1.82) is 0 Å². The molecule has 21 heavy (non-hydrogen) atoms. The highest BCUT2D eigenvalue weighted by Crippen LogP contribution is 2.43. The van der Waals surface area contributed by atoms with Crippen LogP contribution in [0.1, 0.15) is 22.8 Å². The lowest BCUT2D eigenvalue weighted by atomic mass is 9.97. The summed E-state index contributed by atoms with van der Waals surface area (Å²) in [5.74, 6) is -3.24. The highest BCUT2D eigenvalue weighted by atomic mass is 19.4. The van der Waals surface area contributed by atoms with E-state index in [1.165, 1.54) is 0 Å². The zero-order valence-corrected chi connectivity index (χ0v) is 10.2. The predicted octanol–water partition coefficient (Wildman–Crippen LogP) is 2.85. The van der Waals surface area contributed by atoms with E-state index >= 15 is 0 Å². The summed E-state index contributed by atoms with van der Waals surface area (Å²) in [7, 11) is 0.734. The van der Waals surface area contributed by atoms with Crippen molar-refractivity contribution in [2.75, 3.05) is 7.11 Å². The van der Waals surface area contributed by atoms with Gasteiger partial charge in [-0.3, -0.25) is 0 Å². The molecule has 0 bridgehead atoms.